The van der Waals surface area contributed by atoms with Crippen LogP contribution < -0.4 is 4.72 Å². The van der Waals surface area contributed by atoms with Gasteiger partial charge in [0.05, 0.1) is 5.60 Å². The molecule has 1 aromatic rings. The van der Waals surface area contributed by atoms with Gasteiger partial charge < -0.3 is 5.11 Å². The molecular weight excluding hydrogens is 182 g/mol. The predicted octanol–water partition coefficient (Wildman–Crippen LogP) is 1.72. The van der Waals surface area contributed by atoms with Crippen LogP contribution in [0, 0.1) is 0 Å². The molecule has 2 N–H and O–H groups in total. The van der Waals surface area contributed by atoms with E-state index in [0.717, 1.165) is 5.56 Å². The van der Waals surface area contributed by atoms with E-state index >= 15 is 0 Å². The van der Waals surface area contributed by atoms with E-state index in [4.69, 9.17) is 0 Å². The molecule has 1 aromatic carbocycles. The molecule has 0 aromatic heterocycles. The molecule has 3 heteroatoms. The highest BCUT2D eigenvalue weighted by atomic mass is 32.1. The minimum Gasteiger partial charge on any atom is -0.385 e. The van der Waals surface area contributed by atoms with Gasteiger partial charge in [0.25, 0.3) is 0 Å². The normalized spacial score (nSPS) is 15.3. The van der Waals surface area contributed by atoms with Crippen molar-refractivity contribution in [3.63, 3.8) is 0 Å². The van der Waals surface area contributed by atoms with Gasteiger partial charge in [-0.25, -0.2) is 0 Å². The average molecular weight is 197 g/mol. The van der Waals surface area contributed by atoms with Crippen LogP contribution in [0.15, 0.2) is 30.3 Å². The van der Waals surface area contributed by atoms with Gasteiger partial charge in [0.2, 0.25) is 0 Å². The quantitative estimate of drug-likeness (QED) is 0.642. The summed E-state index contributed by atoms with van der Waals surface area (Å²) >= 11 is 3.88. The summed E-state index contributed by atoms with van der Waals surface area (Å²) in [4.78, 5) is 0. The number of aliphatic hydroxyl groups is 1. The van der Waals surface area contributed by atoms with E-state index in [1.54, 1.807) is 0 Å². The van der Waals surface area contributed by atoms with Gasteiger partial charge in [0.15, 0.2) is 0 Å². The Morgan fingerprint density at radius 1 is 1.38 bits per heavy atom. The van der Waals surface area contributed by atoms with Crippen molar-refractivity contribution < 1.29 is 5.11 Å². The summed E-state index contributed by atoms with van der Waals surface area (Å²) in [5.41, 5.74) is 0.176. The third kappa shape index (κ3) is 3.03. The molecule has 1 atom stereocenters. The van der Waals surface area contributed by atoms with Gasteiger partial charge in [-0.1, -0.05) is 43.1 Å². The maximum absolute atomic E-state index is 10.0. The topological polar surface area (TPSA) is 32.3 Å². The van der Waals surface area contributed by atoms with Crippen molar-refractivity contribution >= 4 is 12.8 Å². The molecule has 0 aliphatic heterocycles. The zero-order valence-corrected chi connectivity index (χ0v) is 8.59. The third-order valence-electron chi connectivity index (χ3n) is 2.12. The molecule has 0 aliphatic rings. The highest BCUT2D eigenvalue weighted by Crippen LogP contribution is 2.23. The number of benzene rings is 1. The predicted molar refractivity (Wildman–Crippen MR) is 57.6 cm³/mol. The summed E-state index contributed by atoms with van der Waals surface area (Å²) in [5, 5.41) is 10.0. The summed E-state index contributed by atoms with van der Waals surface area (Å²) in [5.74, 6) is 0. The lowest BCUT2D eigenvalue weighted by Gasteiger charge is -2.23. The molecule has 13 heavy (non-hydrogen) atoms. The maximum atomic E-state index is 10.0. The Bertz CT molecular complexity index is 248. The lowest BCUT2D eigenvalue weighted by atomic mass is 9.93. The molecular formula is C10H15NOS. The standard InChI is InChI=1S/C10H15NOS/c1-10(12,7-8-11-13)9-5-3-2-4-6-9/h2-6,11-13H,7-8H2,1H3. The molecule has 2 nitrogen and oxygen atoms in total. The van der Waals surface area contributed by atoms with E-state index in [1.807, 2.05) is 37.3 Å². The van der Waals surface area contributed by atoms with E-state index in [0.29, 0.717) is 13.0 Å². The van der Waals surface area contributed by atoms with Gasteiger partial charge in [-0.3, -0.25) is 4.72 Å². The van der Waals surface area contributed by atoms with Crippen molar-refractivity contribution in [1.82, 2.24) is 4.72 Å². The fourth-order valence-corrected chi connectivity index (χ4v) is 1.35. The first kappa shape index (κ1) is 10.6. The first-order valence-corrected chi connectivity index (χ1v) is 4.76. The van der Waals surface area contributed by atoms with Crippen molar-refractivity contribution in [3.05, 3.63) is 35.9 Å². The summed E-state index contributed by atoms with van der Waals surface area (Å²) in [6, 6.07) is 9.66. The van der Waals surface area contributed by atoms with Crippen molar-refractivity contribution in [2.75, 3.05) is 6.54 Å². The molecule has 0 saturated carbocycles. The first-order valence-electron chi connectivity index (χ1n) is 4.32. The Hall–Kier alpha value is -0.510. The summed E-state index contributed by atoms with van der Waals surface area (Å²) in [6.45, 7) is 2.50. The minimum absolute atomic E-state index is 0.653. The summed E-state index contributed by atoms with van der Waals surface area (Å²) in [7, 11) is 0. The van der Waals surface area contributed by atoms with Crippen LogP contribution in [0.25, 0.3) is 0 Å². The van der Waals surface area contributed by atoms with Gasteiger partial charge in [0, 0.05) is 6.54 Å². The maximum Gasteiger partial charge on any atom is 0.0881 e. The molecule has 0 heterocycles. The smallest absolute Gasteiger partial charge is 0.0881 e. The largest absolute Gasteiger partial charge is 0.385 e. The Labute approximate surface area is 84.5 Å². The van der Waals surface area contributed by atoms with Gasteiger partial charge in [-0.2, -0.15) is 0 Å². The number of nitrogens with one attached hydrogen (secondary N) is 1. The Kier molecular flexibility index (Phi) is 3.78. The fourth-order valence-electron chi connectivity index (χ4n) is 1.24. The van der Waals surface area contributed by atoms with E-state index in [9.17, 15) is 5.11 Å². The van der Waals surface area contributed by atoms with Crippen LogP contribution in [0.3, 0.4) is 0 Å². The number of rotatable bonds is 4. The Morgan fingerprint density at radius 3 is 2.54 bits per heavy atom. The van der Waals surface area contributed by atoms with E-state index < -0.39 is 5.60 Å². The fraction of sp³-hybridized carbons (Fsp3) is 0.400. The van der Waals surface area contributed by atoms with Crippen molar-refractivity contribution in [2.24, 2.45) is 0 Å². The van der Waals surface area contributed by atoms with Crippen molar-refractivity contribution in [1.29, 1.82) is 0 Å². The zero-order valence-electron chi connectivity index (χ0n) is 7.70. The molecule has 0 spiro atoms. The molecule has 0 radical (unpaired) electrons. The lowest BCUT2D eigenvalue weighted by molar-refractivity contribution is 0.0496. The van der Waals surface area contributed by atoms with Gasteiger partial charge in [-0.15, -0.1) is 0 Å². The van der Waals surface area contributed by atoms with Crippen LogP contribution in [0.4, 0.5) is 0 Å². The SMILES string of the molecule is CC(O)(CCNS)c1ccccc1. The van der Waals surface area contributed by atoms with E-state index in [2.05, 4.69) is 17.5 Å². The van der Waals surface area contributed by atoms with Crippen LogP contribution in [-0.4, -0.2) is 11.7 Å². The molecule has 1 rings (SSSR count). The number of thiol groups is 1. The number of hydrogen-bond donors (Lipinski definition) is 3. The van der Waals surface area contributed by atoms with Gasteiger partial charge in [-0.05, 0) is 18.9 Å². The molecule has 72 valence electrons. The average Bonchev–Trinajstić information content (AvgIpc) is 2.16. The van der Waals surface area contributed by atoms with Gasteiger partial charge in [0.1, 0.15) is 0 Å². The number of hydrogen-bond acceptors (Lipinski definition) is 3. The second-order valence-corrected chi connectivity index (χ2v) is 3.61. The molecule has 0 saturated heterocycles. The molecule has 0 fully saturated rings. The van der Waals surface area contributed by atoms with Crippen molar-refractivity contribution in [3.8, 4) is 0 Å². The third-order valence-corrected chi connectivity index (χ3v) is 2.34. The second-order valence-electron chi connectivity index (χ2n) is 3.30. The highest BCUT2D eigenvalue weighted by molar-refractivity contribution is 7.78. The molecule has 0 amide bonds. The molecule has 0 bridgehead atoms. The molecule has 1 unspecified atom stereocenters. The highest BCUT2D eigenvalue weighted by Gasteiger charge is 2.21. The Balaban J connectivity index is 2.69. The summed E-state index contributed by atoms with van der Waals surface area (Å²) < 4.78 is 2.73. The van der Waals surface area contributed by atoms with Crippen LogP contribution in [0.1, 0.15) is 18.9 Å². The van der Waals surface area contributed by atoms with Crippen LogP contribution >= 0.6 is 12.8 Å². The van der Waals surface area contributed by atoms with E-state index in [-0.39, 0.29) is 0 Å². The van der Waals surface area contributed by atoms with Crippen molar-refractivity contribution in [2.45, 2.75) is 18.9 Å². The first-order chi connectivity index (χ1) is 6.17. The minimum atomic E-state index is -0.767. The monoisotopic (exact) mass is 197 g/mol. The Morgan fingerprint density at radius 2 is 2.00 bits per heavy atom. The van der Waals surface area contributed by atoms with Crippen LogP contribution in [-0.2, 0) is 5.60 Å². The zero-order chi connectivity index (χ0) is 9.73. The molecule has 0 aliphatic carbocycles. The van der Waals surface area contributed by atoms with E-state index in [1.165, 1.54) is 0 Å². The van der Waals surface area contributed by atoms with Gasteiger partial charge >= 0.3 is 0 Å². The summed E-state index contributed by atoms with van der Waals surface area (Å²) in [6.07, 6.45) is 0.653. The second kappa shape index (κ2) is 4.65. The lowest BCUT2D eigenvalue weighted by Crippen LogP contribution is -2.24. The van der Waals surface area contributed by atoms with Crippen LogP contribution in [0.5, 0.6) is 0 Å². The van der Waals surface area contributed by atoms with Crippen LogP contribution in [0.2, 0.25) is 0 Å².